The molecule has 5 heteroatoms. The first kappa shape index (κ1) is 18.8. The van der Waals surface area contributed by atoms with Gasteiger partial charge in [-0.15, -0.1) is 0 Å². The van der Waals surface area contributed by atoms with Gasteiger partial charge in [0.15, 0.2) is 11.7 Å². The molecule has 0 fully saturated rings. The molecule has 0 unspecified atom stereocenters. The van der Waals surface area contributed by atoms with Crippen LogP contribution in [-0.2, 0) is 17.6 Å². The number of nitrogens with zero attached hydrogens (tertiary/aromatic N) is 1. The van der Waals surface area contributed by atoms with Crippen LogP contribution in [0, 0.1) is 19.7 Å². The van der Waals surface area contributed by atoms with Gasteiger partial charge >= 0.3 is 0 Å². The predicted octanol–water partition coefficient (Wildman–Crippen LogP) is 4.39. The maximum absolute atomic E-state index is 12.9. The largest absolute Gasteiger partial charge is 0.441 e. The monoisotopic (exact) mass is 366 g/mol. The highest BCUT2D eigenvalue weighted by atomic mass is 19.1. The molecular weight excluding hydrogens is 343 g/mol. The van der Waals surface area contributed by atoms with Crippen molar-refractivity contribution in [3.63, 3.8) is 0 Å². The van der Waals surface area contributed by atoms with Gasteiger partial charge in [0.2, 0.25) is 5.91 Å². The smallest absolute Gasteiger partial charge is 0.220 e. The Morgan fingerprint density at radius 3 is 2.59 bits per heavy atom. The number of carbonyl (C=O) groups is 1. The Kier molecular flexibility index (Phi) is 6.01. The zero-order valence-electron chi connectivity index (χ0n) is 15.6. The maximum Gasteiger partial charge on any atom is 0.220 e. The molecule has 0 spiro atoms. The van der Waals surface area contributed by atoms with Crippen molar-refractivity contribution in [2.24, 2.45) is 0 Å². The van der Waals surface area contributed by atoms with Crippen LogP contribution in [0.1, 0.15) is 29.0 Å². The number of oxazole rings is 1. The van der Waals surface area contributed by atoms with Gasteiger partial charge in [-0.2, -0.15) is 0 Å². The average molecular weight is 366 g/mol. The van der Waals surface area contributed by atoms with E-state index in [1.807, 2.05) is 6.07 Å². The summed E-state index contributed by atoms with van der Waals surface area (Å²) in [5.74, 6) is 0.957. The lowest BCUT2D eigenvalue weighted by Crippen LogP contribution is -2.25. The molecule has 2 aromatic carbocycles. The van der Waals surface area contributed by atoms with Gasteiger partial charge in [0, 0.05) is 24.9 Å². The van der Waals surface area contributed by atoms with Gasteiger partial charge in [-0.1, -0.05) is 24.3 Å². The number of hydrogen-bond acceptors (Lipinski definition) is 3. The van der Waals surface area contributed by atoms with E-state index in [-0.39, 0.29) is 11.7 Å². The molecule has 0 saturated carbocycles. The van der Waals surface area contributed by atoms with E-state index in [0.717, 1.165) is 11.1 Å². The Bertz CT molecular complexity index is 916. The number of rotatable bonds is 7. The van der Waals surface area contributed by atoms with Gasteiger partial charge in [-0.3, -0.25) is 4.79 Å². The second-order valence-corrected chi connectivity index (χ2v) is 6.64. The lowest BCUT2D eigenvalue weighted by atomic mass is 10.1. The number of nitrogens with one attached hydrogen (secondary N) is 1. The van der Waals surface area contributed by atoms with Crippen molar-refractivity contribution in [2.75, 3.05) is 6.54 Å². The van der Waals surface area contributed by atoms with E-state index in [0.29, 0.717) is 37.5 Å². The van der Waals surface area contributed by atoms with Crippen molar-refractivity contribution >= 4 is 5.91 Å². The summed E-state index contributed by atoms with van der Waals surface area (Å²) in [5, 5.41) is 2.87. The Balaban J connectivity index is 1.45. The van der Waals surface area contributed by atoms with Crippen LogP contribution in [0.25, 0.3) is 11.3 Å². The minimum atomic E-state index is -0.256. The predicted molar refractivity (Wildman–Crippen MR) is 103 cm³/mol. The minimum Gasteiger partial charge on any atom is -0.441 e. The lowest BCUT2D eigenvalue weighted by Gasteiger charge is -2.05. The third kappa shape index (κ3) is 5.26. The SMILES string of the molecule is Cc1ccc(-c2cnc(CCC(=O)NCCc3ccc(F)cc3)o2)cc1C. The molecule has 0 radical (unpaired) electrons. The van der Waals surface area contributed by atoms with Crippen LogP contribution in [0.3, 0.4) is 0 Å². The number of aromatic nitrogens is 1. The number of hydrogen-bond donors (Lipinski definition) is 1. The van der Waals surface area contributed by atoms with Gasteiger partial charge in [0.05, 0.1) is 6.20 Å². The third-order valence-corrected chi connectivity index (χ3v) is 4.56. The van der Waals surface area contributed by atoms with E-state index < -0.39 is 0 Å². The summed E-state index contributed by atoms with van der Waals surface area (Å²) in [5.41, 5.74) is 4.41. The summed E-state index contributed by atoms with van der Waals surface area (Å²) >= 11 is 0. The van der Waals surface area contributed by atoms with Gasteiger partial charge in [0.1, 0.15) is 5.82 Å². The number of halogens is 1. The van der Waals surface area contributed by atoms with Crippen LogP contribution in [0.15, 0.2) is 53.1 Å². The molecule has 1 N–H and O–H groups in total. The molecule has 1 heterocycles. The van der Waals surface area contributed by atoms with Crippen molar-refractivity contribution in [1.29, 1.82) is 0 Å². The fraction of sp³-hybridized carbons (Fsp3) is 0.273. The van der Waals surface area contributed by atoms with E-state index in [4.69, 9.17) is 4.42 Å². The number of carbonyl (C=O) groups excluding carboxylic acids is 1. The molecule has 0 aliphatic rings. The van der Waals surface area contributed by atoms with Gasteiger partial charge in [0.25, 0.3) is 0 Å². The number of amides is 1. The maximum atomic E-state index is 12.9. The van der Waals surface area contributed by atoms with Crippen LogP contribution in [0.2, 0.25) is 0 Å². The standard InChI is InChI=1S/C22H23FN2O2/c1-15-3-6-18(13-16(15)2)20-14-25-22(27-20)10-9-21(26)24-12-11-17-4-7-19(23)8-5-17/h3-8,13-14H,9-12H2,1-2H3,(H,24,26). The molecule has 3 rings (SSSR count). The zero-order chi connectivity index (χ0) is 19.2. The Labute approximate surface area is 158 Å². The van der Waals surface area contributed by atoms with E-state index in [9.17, 15) is 9.18 Å². The topological polar surface area (TPSA) is 55.1 Å². The summed E-state index contributed by atoms with van der Waals surface area (Å²) in [6.45, 7) is 4.65. The molecule has 27 heavy (non-hydrogen) atoms. The first-order valence-corrected chi connectivity index (χ1v) is 9.05. The van der Waals surface area contributed by atoms with Crippen LogP contribution in [0.4, 0.5) is 4.39 Å². The summed E-state index contributed by atoms with van der Waals surface area (Å²) in [6.07, 6.45) is 3.14. The highest BCUT2D eigenvalue weighted by Crippen LogP contribution is 2.23. The van der Waals surface area contributed by atoms with Gasteiger partial charge < -0.3 is 9.73 Å². The Hall–Kier alpha value is -2.95. The second-order valence-electron chi connectivity index (χ2n) is 6.64. The molecule has 0 aliphatic carbocycles. The molecule has 1 amide bonds. The van der Waals surface area contributed by atoms with Crippen LogP contribution < -0.4 is 5.32 Å². The van der Waals surface area contributed by atoms with Crippen LogP contribution in [-0.4, -0.2) is 17.4 Å². The fourth-order valence-corrected chi connectivity index (χ4v) is 2.76. The summed E-state index contributed by atoms with van der Waals surface area (Å²) in [4.78, 5) is 16.2. The van der Waals surface area contributed by atoms with Gasteiger partial charge in [-0.05, 0) is 55.2 Å². The highest BCUT2D eigenvalue weighted by Gasteiger charge is 2.09. The summed E-state index contributed by atoms with van der Waals surface area (Å²) in [6, 6.07) is 12.4. The molecule has 0 saturated heterocycles. The van der Waals surface area contributed by atoms with Gasteiger partial charge in [-0.25, -0.2) is 9.37 Å². The fourth-order valence-electron chi connectivity index (χ4n) is 2.76. The first-order valence-electron chi connectivity index (χ1n) is 9.05. The minimum absolute atomic E-state index is 0.0527. The summed E-state index contributed by atoms with van der Waals surface area (Å²) in [7, 11) is 0. The van der Waals surface area contributed by atoms with E-state index in [2.05, 4.69) is 36.3 Å². The van der Waals surface area contributed by atoms with E-state index >= 15 is 0 Å². The lowest BCUT2D eigenvalue weighted by molar-refractivity contribution is -0.121. The summed E-state index contributed by atoms with van der Waals surface area (Å²) < 4.78 is 18.6. The molecule has 3 aromatic rings. The van der Waals surface area contributed by atoms with Crippen LogP contribution >= 0.6 is 0 Å². The zero-order valence-corrected chi connectivity index (χ0v) is 15.6. The van der Waals surface area contributed by atoms with E-state index in [1.165, 1.54) is 23.3 Å². The molecule has 0 bridgehead atoms. The van der Waals surface area contributed by atoms with Crippen molar-refractivity contribution < 1.29 is 13.6 Å². The Morgan fingerprint density at radius 2 is 1.85 bits per heavy atom. The Morgan fingerprint density at radius 1 is 1.07 bits per heavy atom. The third-order valence-electron chi connectivity index (χ3n) is 4.56. The number of aryl methyl sites for hydroxylation is 3. The average Bonchev–Trinajstić information content (AvgIpc) is 3.13. The van der Waals surface area contributed by atoms with Crippen molar-refractivity contribution in [3.05, 3.63) is 77.1 Å². The normalized spacial score (nSPS) is 10.8. The molecule has 0 atom stereocenters. The second kappa shape index (κ2) is 8.62. The quantitative estimate of drug-likeness (QED) is 0.675. The molecule has 140 valence electrons. The van der Waals surface area contributed by atoms with Crippen LogP contribution in [0.5, 0.6) is 0 Å². The number of benzene rings is 2. The molecular formula is C22H23FN2O2. The molecule has 1 aromatic heterocycles. The molecule has 0 aliphatic heterocycles. The van der Waals surface area contributed by atoms with Crippen molar-refractivity contribution in [3.8, 4) is 11.3 Å². The van der Waals surface area contributed by atoms with E-state index in [1.54, 1.807) is 18.3 Å². The van der Waals surface area contributed by atoms with Crippen molar-refractivity contribution in [1.82, 2.24) is 10.3 Å². The molecule has 4 nitrogen and oxygen atoms in total. The highest BCUT2D eigenvalue weighted by molar-refractivity contribution is 5.76. The van der Waals surface area contributed by atoms with Crippen molar-refractivity contribution in [2.45, 2.75) is 33.1 Å². The first-order chi connectivity index (χ1) is 13.0.